The SMILES string of the molecule is CN1CCCC(N(C)C(=O)c2ccc(CN)cn2)C1. The number of hydrogen-bond donors (Lipinski definition) is 1. The van der Waals surface area contributed by atoms with Crippen LogP contribution in [-0.4, -0.2) is 53.9 Å². The number of nitrogens with zero attached hydrogens (tertiary/aromatic N) is 3. The molecule has 1 amide bonds. The molecule has 0 radical (unpaired) electrons. The van der Waals surface area contributed by atoms with Crippen LogP contribution in [0.1, 0.15) is 28.9 Å². The molecule has 1 aliphatic heterocycles. The summed E-state index contributed by atoms with van der Waals surface area (Å²) in [6.45, 7) is 2.50. The van der Waals surface area contributed by atoms with Crippen LogP contribution in [0.3, 0.4) is 0 Å². The van der Waals surface area contributed by atoms with Crippen LogP contribution in [0.25, 0.3) is 0 Å². The second-order valence-electron chi connectivity index (χ2n) is 5.23. The largest absolute Gasteiger partial charge is 0.336 e. The van der Waals surface area contributed by atoms with Crippen molar-refractivity contribution in [2.75, 3.05) is 27.2 Å². The Morgan fingerprint density at radius 1 is 1.58 bits per heavy atom. The van der Waals surface area contributed by atoms with Gasteiger partial charge in [0, 0.05) is 32.4 Å². The summed E-state index contributed by atoms with van der Waals surface area (Å²) in [5.41, 5.74) is 6.96. The molecule has 1 atom stereocenters. The fourth-order valence-corrected chi connectivity index (χ4v) is 2.47. The molecule has 1 aromatic heterocycles. The van der Waals surface area contributed by atoms with Gasteiger partial charge in [-0.15, -0.1) is 0 Å². The minimum atomic E-state index is -0.0103. The summed E-state index contributed by atoms with van der Waals surface area (Å²) in [7, 11) is 3.96. The van der Waals surface area contributed by atoms with E-state index in [9.17, 15) is 4.79 Å². The van der Waals surface area contributed by atoms with Crippen LogP contribution in [-0.2, 0) is 6.54 Å². The van der Waals surface area contributed by atoms with Gasteiger partial charge in [0.1, 0.15) is 5.69 Å². The van der Waals surface area contributed by atoms with E-state index in [2.05, 4.69) is 16.9 Å². The van der Waals surface area contributed by atoms with Gasteiger partial charge in [0.15, 0.2) is 0 Å². The van der Waals surface area contributed by atoms with Gasteiger partial charge in [-0.3, -0.25) is 9.78 Å². The Hall–Kier alpha value is -1.46. The molecule has 0 saturated carbocycles. The van der Waals surface area contributed by atoms with E-state index < -0.39 is 0 Å². The first-order chi connectivity index (χ1) is 9.11. The number of pyridine rings is 1. The summed E-state index contributed by atoms with van der Waals surface area (Å²) in [6.07, 6.45) is 3.87. The molecular formula is C14H22N4O. The molecule has 5 heteroatoms. The van der Waals surface area contributed by atoms with Crippen LogP contribution < -0.4 is 5.73 Å². The van der Waals surface area contributed by atoms with Gasteiger partial charge in [-0.25, -0.2) is 0 Å². The van der Waals surface area contributed by atoms with E-state index in [1.165, 1.54) is 0 Å². The lowest BCUT2D eigenvalue weighted by Crippen LogP contribution is -2.47. The van der Waals surface area contributed by atoms with Gasteiger partial charge in [-0.2, -0.15) is 0 Å². The van der Waals surface area contributed by atoms with E-state index in [4.69, 9.17) is 5.73 Å². The van der Waals surface area contributed by atoms with Gasteiger partial charge in [-0.05, 0) is 38.1 Å². The molecule has 0 aliphatic carbocycles. The third kappa shape index (κ3) is 3.30. The van der Waals surface area contributed by atoms with Gasteiger partial charge in [-0.1, -0.05) is 6.07 Å². The molecule has 104 valence electrons. The molecule has 2 heterocycles. The summed E-state index contributed by atoms with van der Waals surface area (Å²) in [5, 5.41) is 0. The molecular weight excluding hydrogens is 240 g/mol. The zero-order valence-electron chi connectivity index (χ0n) is 11.7. The Kier molecular flexibility index (Phi) is 4.50. The number of rotatable bonds is 3. The predicted molar refractivity (Wildman–Crippen MR) is 74.7 cm³/mol. The molecule has 2 rings (SSSR count). The minimum absolute atomic E-state index is 0.0103. The predicted octanol–water partition coefficient (Wildman–Crippen LogP) is 0.707. The van der Waals surface area contributed by atoms with Gasteiger partial charge in [0.05, 0.1) is 0 Å². The summed E-state index contributed by atoms with van der Waals surface area (Å²) in [5.74, 6) is -0.0103. The first kappa shape index (κ1) is 14.0. The topological polar surface area (TPSA) is 62.5 Å². The van der Waals surface area contributed by atoms with Crippen LogP contribution in [0.4, 0.5) is 0 Å². The highest BCUT2D eigenvalue weighted by molar-refractivity contribution is 5.92. The second-order valence-corrected chi connectivity index (χ2v) is 5.23. The number of likely N-dealkylation sites (N-methyl/N-ethyl adjacent to an activating group) is 2. The van der Waals surface area contributed by atoms with Gasteiger partial charge in [0.2, 0.25) is 0 Å². The van der Waals surface area contributed by atoms with Crippen molar-refractivity contribution in [3.63, 3.8) is 0 Å². The normalized spacial score (nSPS) is 20.3. The maximum absolute atomic E-state index is 12.4. The lowest BCUT2D eigenvalue weighted by atomic mass is 10.0. The van der Waals surface area contributed by atoms with Crippen molar-refractivity contribution in [1.82, 2.24) is 14.8 Å². The Bertz CT molecular complexity index is 432. The highest BCUT2D eigenvalue weighted by Crippen LogP contribution is 2.15. The fraction of sp³-hybridized carbons (Fsp3) is 0.571. The maximum Gasteiger partial charge on any atom is 0.272 e. The zero-order valence-corrected chi connectivity index (χ0v) is 11.7. The van der Waals surface area contributed by atoms with E-state index in [0.717, 1.165) is 31.5 Å². The monoisotopic (exact) mass is 262 g/mol. The lowest BCUT2D eigenvalue weighted by Gasteiger charge is -2.35. The first-order valence-corrected chi connectivity index (χ1v) is 6.72. The molecule has 0 spiro atoms. The van der Waals surface area contributed by atoms with Crippen molar-refractivity contribution < 1.29 is 4.79 Å². The Morgan fingerprint density at radius 2 is 2.37 bits per heavy atom. The molecule has 1 aromatic rings. The molecule has 0 aromatic carbocycles. The molecule has 2 N–H and O–H groups in total. The van der Waals surface area contributed by atoms with Crippen molar-refractivity contribution in [2.24, 2.45) is 5.73 Å². The van der Waals surface area contributed by atoms with Crippen LogP contribution in [0.15, 0.2) is 18.3 Å². The minimum Gasteiger partial charge on any atom is -0.336 e. The van der Waals surface area contributed by atoms with Crippen LogP contribution in [0.2, 0.25) is 0 Å². The third-order valence-electron chi connectivity index (χ3n) is 3.75. The number of carbonyl (C=O) groups is 1. The highest BCUT2D eigenvalue weighted by atomic mass is 16.2. The van der Waals surface area contributed by atoms with Crippen molar-refractivity contribution in [1.29, 1.82) is 0 Å². The smallest absolute Gasteiger partial charge is 0.272 e. The number of carbonyl (C=O) groups excluding carboxylic acids is 1. The van der Waals surface area contributed by atoms with Crippen molar-refractivity contribution in [3.8, 4) is 0 Å². The third-order valence-corrected chi connectivity index (χ3v) is 3.75. The van der Waals surface area contributed by atoms with Crippen molar-refractivity contribution >= 4 is 5.91 Å². The van der Waals surface area contributed by atoms with Crippen LogP contribution >= 0.6 is 0 Å². The van der Waals surface area contributed by atoms with E-state index in [1.54, 1.807) is 12.3 Å². The van der Waals surface area contributed by atoms with Gasteiger partial charge >= 0.3 is 0 Å². The average Bonchev–Trinajstić information content (AvgIpc) is 2.46. The fourth-order valence-electron chi connectivity index (χ4n) is 2.47. The maximum atomic E-state index is 12.4. The molecule has 1 saturated heterocycles. The zero-order chi connectivity index (χ0) is 13.8. The van der Waals surface area contributed by atoms with E-state index >= 15 is 0 Å². The molecule has 5 nitrogen and oxygen atoms in total. The summed E-state index contributed by atoms with van der Waals surface area (Å²) in [4.78, 5) is 20.6. The number of aromatic nitrogens is 1. The summed E-state index contributed by atoms with van der Waals surface area (Å²) < 4.78 is 0. The van der Waals surface area contributed by atoms with E-state index in [1.807, 2.05) is 18.0 Å². The molecule has 1 unspecified atom stereocenters. The van der Waals surface area contributed by atoms with Crippen molar-refractivity contribution in [3.05, 3.63) is 29.6 Å². The standard InChI is InChI=1S/C14H22N4O/c1-17-7-3-4-12(10-17)18(2)14(19)13-6-5-11(8-15)9-16-13/h5-6,9,12H,3-4,7-8,10,15H2,1-2H3. The Labute approximate surface area is 114 Å². The van der Waals surface area contributed by atoms with Gasteiger partial charge in [0.25, 0.3) is 5.91 Å². The number of nitrogens with two attached hydrogens (primary N) is 1. The molecule has 19 heavy (non-hydrogen) atoms. The van der Waals surface area contributed by atoms with E-state index in [-0.39, 0.29) is 11.9 Å². The number of amides is 1. The number of likely N-dealkylation sites (tertiary alicyclic amines) is 1. The Balaban J connectivity index is 2.05. The lowest BCUT2D eigenvalue weighted by molar-refractivity contribution is 0.0638. The van der Waals surface area contributed by atoms with Crippen LogP contribution in [0.5, 0.6) is 0 Å². The average molecular weight is 262 g/mol. The molecule has 1 fully saturated rings. The summed E-state index contributed by atoms with van der Waals surface area (Å²) >= 11 is 0. The molecule has 0 bridgehead atoms. The summed E-state index contributed by atoms with van der Waals surface area (Å²) in [6, 6.07) is 3.90. The number of piperidine rings is 1. The number of hydrogen-bond acceptors (Lipinski definition) is 4. The second kappa shape index (κ2) is 6.12. The van der Waals surface area contributed by atoms with E-state index in [0.29, 0.717) is 12.2 Å². The van der Waals surface area contributed by atoms with Crippen LogP contribution in [0, 0.1) is 0 Å². The highest BCUT2D eigenvalue weighted by Gasteiger charge is 2.25. The Morgan fingerprint density at radius 3 is 2.95 bits per heavy atom. The van der Waals surface area contributed by atoms with Crippen molar-refractivity contribution in [2.45, 2.75) is 25.4 Å². The van der Waals surface area contributed by atoms with Gasteiger partial charge < -0.3 is 15.5 Å². The quantitative estimate of drug-likeness (QED) is 0.871. The molecule has 1 aliphatic rings. The first-order valence-electron chi connectivity index (χ1n) is 6.72.